The van der Waals surface area contributed by atoms with Crippen molar-refractivity contribution < 1.29 is 12.4 Å². The van der Waals surface area contributed by atoms with Crippen molar-refractivity contribution in [3.63, 3.8) is 0 Å². The second-order valence-electron chi connectivity index (χ2n) is 1.21. The van der Waals surface area contributed by atoms with Crippen molar-refractivity contribution in [3.8, 4) is 0 Å². The molecule has 0 fully saturated rings. The van der Waals surface area contributed by atoms with Crippen molar-refractivity contribution in [2.75, 3.05) is 0 Å². The molecule has 0 aromatic heterocycles. The van der Waals surface area contributed by atoms with Gasteiger partial charge in [0.15, 0.2) is 0 Å². The molecule has 0 aromatic carbocycles. The fourth-order valence-corrected chi connectivity index (χ4v) is 0.750. The third-order valence-corrected chi connectivity index (χ3v) is 1.10. The summed E-state index contributed by atoms with van der Waals surface area (Å²) in [4.78, 5) is 0. The van der Waals surface area contributed by atoms with Gasteiger partial charge in [0, 0.05) is 0 Å². The fourth-order valence-electron chi connectivity index (χ4n) is 0.250. The van der Waals surface area contributed by atoms with Crippen LogP contribution in [0.2, 0.25) is 4.55 Å². The minimum atomic E-state index is 0. The Morgan fingerprint density at radius 3 is 1.86 bits per heavy atom. The zero-order valence-corrected chi connectivity index (χ0v) is 8.50. The predicted octanol–water partition coefficient (Wildman–Crippen LogP) is -1.56. The molecule has 0 rings (SSSR count). The van der Waals surface area contributed by atoms with Crippen LogP contribution in [0, 0.1) is 0 Å². The van der Waals surface area contributed by atoms with E-state index >= 15 is 0 Å². The van der Waals surface area contributed by atoms with Crippen LogP contribution in [-0.4, -0.2) is 21.7 Å². The summed E-state index contributed by atoms with van der Waals surface area (Å²) in [5.74, 6) is 0. The Morgan fingerprint density at radius 1 is 1.43 bits per heavy atom. The van der Waals surface area contributed by atoms with Gasteiger partial charge in [-0.15, -0.1) is 0 Å². The first-order valence-corrected chi connectivity index (χ1v) is 3.21. The molecule has 42 valence electrons. The molecule has 3 heteroatoms. The molecule has 0 nitrogen and oxygen atoms in total. The Morgan fingerprint density at radius 2 is 1.86 bits per heavy atom. The van der Waals surface area contributed by atoms with Crippen molar-refractivity contribution in [1.29, 1.82) is 0 Å². The largest absolute Gasteiger partial charge is 1.00 e. The second kappa shape index (κ2) is 15.6. The minimum Gasteiger partial charge on any atom is -1.00 e. The molecular formula is C4H12ClMgP. The molecule has 0 aromatic rings. The van der Waals surface area contributed by atoms with E-state index in [0.29, 0.717) is 0 Å². The van der Waals surface area contributed by atoms with Gasteiger partial charge in [0.25, 0.3) is 0 Å². The first kappa shape index (κ1) is 15.8. The Balaban J connectivity index is -0.0000000800. The number of halogens is 1. The summed E-state index contributed by atoms with van der Waals surface area (Å²) < 4.78 is 1.37. The van der Waals surface area contributed by atoms with Gasteiger partial charge in [0.05, 0.1) is 0 Å². The first-order chi connectivity index (χ1) is 2.41. The van der Waals surface area contributed by atoms with E-state index in [1.54, 1.807) is 0 Å². The van der Waals surface area contributed by atoms with Gasteiger partial charge < -0.3 is 12.4 Å². The van der Waals surface area contributed by atoms with Crippen LogP contribution in [0.5, 0.6) is 0 Å². The topological polar surface area (TPSA) is 0 Å². The van der Waals surface area contributed by atoms with Gasteiger partial charge in [-0.2, -0.15) is 9.90 Å². The third kappa shape index (κ3) is 18.5. The van der Waals surface area contributed by atoms with Gasteiger partial charge in [-0.05, 0) is 0 Å². The van der Waals surface area contributed by atoms with Crippen molar-refractivity contribution in [2.24, 2.45) is 0 Å². The van der Waals surface area contributed by atoms with Crippen LogP contribution in [0.4, 0.5) is 0 Å². The molecule has 0 aliphatic carbocycles. The molecule has 7 heavy (non-hydrogen) atoms. The minimum absolute atomic E-state index is 0. The van der Waals surface area contributed by atoms with Gasteiger partial charge in [-0.3, -0.25) is 0 Å². The second-order valence-corrected chi connectivity index (χ2v) is 1.91. The van der Waals surface area contributed by atoms with Gasteiger partial charge in [0.2, 0.25) is 0 Å². The van der Waals surface area contributed by atoms with Gasteiger partial charge in [-0.25, -0.2) is 0 Å². The summed E-state index contributed by atoms with van der Waals surface area (Å²) >= 11 is 2.05. The molecule has 0 radical (unpaired) electrons. The van der Waals surface area contributed by atoms with E-state index < -0.39 is 0 Å². The Hall–Kier alpha value is 1.49. The van der Waals surface area contributed by atoms with Crippen molar-refractivity contribution >= 4 is 31.6 Å². The smallest absolute Gasteiger partial charge is 0.153 e. The Labute approximate surface area is 68.3 Å². The van der Waals surface area contributed by atoms with Crippen LogP contribution >= 0.6 is 9.90 Å². The van der Waals surface area contributed by atoms with Crippen LogP contribution in [0.25, 0.3) is 0 Å². The Kier molecular flexibility index (Phi) is 35.3. The van der Waals surface area contributed by atoms with Gasteiger partial charge >= 0.3 is 46.0 Å². The third-order valence-electron chi connectivity index (χ3n) is 0.604. The molecule has 0 aliphatic rings. The summed E-state index contributed by atoms with van der Waals surface area (Å²) in [6.45, 7) is 2.22. The molecule has 0 aliphatic heterocycles. The molecule has 0 spiro atoms. The molecule has 0 N–H and O–H groups in total. The van der Waals surface area contributed by atoms with E-state index in [1.807, 2.05) is 21.7 Å². The average molecular weight is 151 g/mol. The number of rotatable bonds is 2. The molecule has 1 unspecified atom stereocenters. The monoisotopic (exact) mass is 150 g/mol. The quantitative estimate of drug-likeness (QED) is 0.330. The van der Waals surface area contributed by atoms with Crippen LogP contribution < -0.4 is 12.4 Å². The van der Waals surface area contributed by atoms with Crippen LogP contribution in [0.1, 0.15) is 19.8 Å². The van der Waals surface area contributed by atoms with E-state index in [9.17, 15) is 0 Å². The van der Waals surface area contributed by atoms with E-state index in [4.69, 9.17) is 0 Å². The Bertz CT molecular complexity index is 19.2. The summed E-state index contributed by atoms with van der Waals surface area (Å²) in [7, 11) is 0. The van der Waals surface area contributed by atoms with Crippen molar-refractivity contribution in [2.45, 2.75) is 24.3 Å². The predicted molar refractivity (Wildman–Crippen MR) is 36.6 cm³/mol. The molecule has 0 bridgehead atoms. The first-order valence-electron chi connectivity index (χ1n) is 2.21. The molecular weight excluding hydrogens is 139 g/mol. The molecule has 0 saturated heterocycles. The van der Waals surface area contributed by atoms with Crippen LogP contribution in [0.3, 0.4) is 0 Å². The molecule has 1 atom stereocenters. The van der Waals surface area contributed by atoms with E-state index in [0.717, 1.165) is 0 Å². The maximum Gasteiger partial charge on any atom is -0.153 e. The average Bonchev–Trinajstić information content (AvgIpc) is 1.41. The SMILES string of the molecule is CCC[CH2][Mg+].P.[Cl-]. The van der Waals surface area contributed by atoms with Crippen molar-refractivity contribution in [1.82, 2.24) is 0 Å². The van der Waals surface area contributed by atoms with E-state index in [1.165, 1.54) is 17.4 Å². The number of hydrogen-bond donors (Lipinski definition) is 0. The van der Waals surface area contributed by atoms with Crippen LogP contribution in [-0.2, 0) is 0 Å². The van der Waals surface area contributed by atoms with Gasteiger partial charge in [0.1, 0.15) is 0 Å². The van der Waals surface area contributed by atoms with E-state index in [-0.39, 0.29) is 22.3 Å². The number of hydrogen-bond acceptors (Lipinski definition) is 0. The van der Waals surface area contributed by atoms with Gasteiger partial charge in [-0.1, -0.05) is 0 Å². The zero-order chi connectivity index (χ0) is 4.12. The fraction of sp³-hybridized carbons (Fsp3) is 1.00. The molecule has 0 heterocycles. The zero-order valence-electron chi connectivity index (χ0n) is 4.91. The summed E-state index contributed by atoms with van der Waals surface area (Å²) in [6, 6.07) is 0. The summed E-state index contributed by atoms with van der Waals surface area (Å²) in [5.41, 5.74) is 0. The van der Waals surface area contributed by atoms with Crippen molar-refractivity contribution in [3.05, 3.63) is 0 Å². The normalized spacial score (nSPS) is 6.14. The maximum absolute atomic E-state index is 2.22. The summed E-state index contributed by atoms with van der Waals surface area (Å²) in [5, 5.41) is 0. The molecule has 0 saturated carbocycles. The standard InChI is InChI=1S/C4H9.ClH.Mg.H3P/c1-3-4-2;;;/h1,3-4H2,2H3;1H;;1H3/q;;+1;/p-1. The number of unbranched alkanes of at least 4 members (excludes halogenated alkanes) is 1. The summed E-state index contributed by atoms with van der Waals surface area (Å²) in [6.07, 6.45) is 2.75. The molecule has 0 amide bonds. The maximum atomic E-state index is 2.22. The van der Waals surface area contributed by atoms with Crippen LogP contribution in [0.15, 0.2) is 0 Å². The van der Waals surface area contributed by atoms with E-state index in [2.05, 4.69) is 6.92 Å².